The van der Waals surface area contributed by atoms with Crippen molar-refractivity contribution in [3.8, 4) is 21.6 Å². The second kappa shape index (κ2) is 7.42. The van der Waals surface area contributed by atoms with E-state index in [1.165, 1.54) is 49.7 Å². The van der Waals surface area contributed by atoms with Crippen molar-refractivity contribution in [2.45, 2.75) is 31.6 Å². The summed E-state index contributed by atoms with van der Waals surface area (Å²) in [7, 11) is 1.44. The van der Waals surface area contributed by atoms with Crippen molar-refractivity contribution >= 4 is 17.3 Å². The molecule has 0 saturated heterocycles. The van der Waals surface area contributed by atoms with Crippen LogP contribution < -0.4 is 0 Å². The van der Waals surface area contributed by atoms with Crippen LogP contribution in [0.4, 0.5) is 0 Å². The van der Waals surface area contributed by atoms with Gasteiger partial charge in [0, 0.05) is 22.8 Å². The van der Waals surface area contributed by atoms with Gasteiger partial charge in [-0.1, -0.05) is 43.2 Å². The number of benzene rings is 1. The Bertz CT molecular complexity index is 911. The predicted octanol–water partition coefficient (Wildman–Crippen LogP) is 5.92. The molecule has 0 N–H and O–H groups in total. The molecule has 2 heterocycles. The maximum atomic E-state index is 12.5. The van der Waals surface area contributed by atoms with Gasteiger partial charge in [0.2, 0.25) is 0 Å². The third-order valence-corrected chi connectivity index (χ3v) is 6.26. The van der Waals surface area contributed by atoms with Crippen molar-refractivity contribution < 1.29 is 9.53 Å². The van der Waals surface area contributed by atoms with E-state index < -0.39 is 0 Å². The number of esters is 1. The number of thiophene rings is 1. The first-order valence-corrected chi connectivity index (χ1v) is 9.81. The van der Waals surface area contributed by atoms with Crippen LogP contribution in [0.5, 0.6) is 0 Å². The zero-order valence-corrected chi connectivity index (χ0v) is 15.6. The van der Waals surface area contributed by atoms with Gasteiger partial charge in [0.25, 0.3) is 0 Å². The van der Waals surface area contributed by atoms with Gasteiger partial charge in [-0.15, -0.1) is 11.3 Å². The van der Waals surface area contributed by atoms with Gasteiger partial charge in [0.15, 0.2) is 0 Å². The van der Waals surface area contributed by atoms with E-state index in [1.807, 2.05) is 36.7 Å². The van der Waals surface area contributed by atoms with Gasteiger partial charge >= 0.3 is 5.97 Å². The van der Waals surface area contributed by atoms with Crippen LogP contribution in [0.25, 0.3) is 21.6 Å². The van der Waals surface area contributed by atoms with Crippen LogP contribution in [0.15, 0.2) is 54.9 Å². The monoisotopic (exact) mass is 363 g/mol. The first-order chi connectivity index (χ1) is 12.8. The molecule has 1 saturated carbocycles. The van der Waals surface area contributed by atoms with Gasteiger partial charge in [0.1, 0.15) is 4.88 Å². The summed E-state index contributed by atoms with van der Waals surface area (Å²) in [6, 6.07) is 14.3. The van der Waals surface area contributed by atoms with Crippen LogP contribution in [-0.2, 0) is 4.74 Å². The Balaban J connectivity index is 1.86. The SMILES string of the molecule is COC(=O)c1sc(-c2ccccc2)cc1-c1ccncc1C1CCCC1. The molecule has 1 aliphatic rings. The molecule has 0 unspecified atom stereocenters. The molecule has 1 fully saturated rings. The number of aromatic nitrogens is 1. The van der Waals surface area contributed by atoms with Crippen LogP contribution in [0.2, 0.25) is 0 Å². The quantitative estimate of drug-likeness (QED) is 0.540. The maximum absolute atomic E-state index is 12.5. The molecular weight excluding hydrogens is 342 g/mol. The zero-order chi connectivity index (χ0) is 17.9. The van der Waals surface area contributed by atoms with Gasteiger partial charge in [-0.2, -0.15) is 0 Å². The van der Waals surface area contributed by atoms with Gasteiger partial charge in [-0.25, -0.2) is 4.79 Å². The van der Waals surface area contributed by atoms with E-state index in [1.54, 1.807) is 0 Å². The Morgan fingerprint density at radius 2 is 1.88 bits per heavy atom. The van der Waals surface area contributed by atoms with E-state index in [2.05, 4.69) is 23.2 Å². The molecule has 132 valence electrons. The summed E-state index contributed by atoms with van der Waals surface area (Å²) >= 11 is 1.50. The number of methoxy groups -OCH3 is 1. The third kappa shape index (κ3) is 3.17. The van der Waals surface area contributed by atoms with Crippen LogP contribution >= 0.6 is 11.3 Å². The normalized spacial score (nSPS) is 14.5. The third-order valence-electron chi connectivity index (χ3n) is 5.10. The zero-order valence-electron chi connectivity index (χ0n) is 14.8. The van der Waals surface area contributed by atoms with Crippen molar-refractivity contribution in [3.63, 3.8) is 0 Å². The van der Waals surface area contributed by atoms with E-state index >= 15 is 0 Å². The maximum Gasteiger partial charge on any atom is 0.348 e. The van der Waals surface area contributed by atoms with Crippen molar-refractivity contribution in [2.24, 2.45) is 0 Å². The molecule has 0 aliphatic heterocycles. The highest BCUT2D eigenvalue weighted by atomic mass is 32.1. The molecule has 1 aliphatic carbocycles. The fraction of sp³-hybridized carbons (Fsp3) is 0.273. The van der Waals surface area contributed by atoms with Crippen molar-refractivity contribution in [1.29, 1.82) is 0 Å². The second-order valence-electron chi connectivity index (χ2n) is 6.66. The summed E-state index contributed by atoms with van der Waals surface area (Å²) in [6.07, 6.45) is 8.72. The molecule has 0 amide bonds. The molecule has 1 aromatic carbocycles. The first-order valence-electron chi connectivity index (χ1n) is 9.00. The highest BCUT2D eigenvalue weighted by Gasteiger charge is 2.25. The fourth-order valence-corrected chi connectivity index (χ4v) is 4.89. The molecule has 2 aromatic heterocycles. The molecule has 3 aromatic rings. The van der Waals surface area contributed by atoms with Crippen molar-refractivity contribution in [3.05, 3.63) is 65.3 Å². The average molecular weight is 363 g/mol. The summed E-state index contributed by atoms with van der Waals surface area (Å²) < 4.78 is 5.07. The Labute approximate surface area is 157 Å². The topological polar surface area (TPSA) is 39.2 Å². The summed E-state index contributed by atoms with van der Waals surface area (Å²) in [5, 5.41) is 0. The smallest absolute Gasteiger partial charge is 0.348 e. The van der Waals surface area contributed by atoms with E-state index in [4.69, 9.17) is 4.74 Å². The minimum atomic E-state index is -0.277. The minimum Gasteiger partial charge on any atom is -0.465 e. The lowest BCUT2D eigenvalue weighted by molar-refractivity contribution is 0.0607. The molecule has 0 bridgehead atoms. The number of hydrogen-bond donors (Lipinski definition) is 0. The number of ether oxygens (including phenoxy) is 1. The highest BCUT2D eigenvalue weighted by Crippen LogP contribution is 2.43. The van der Waals surface area contributed by atoms with Gasteiger partial charge in [-0.3, -0.25) is 4.98 Å². The highest BCUT2D eigenvalue weighted by molar-refractivity contribution is 7.17. The van der Waals surface area contributed by atoms with Crippen LogP contribution in [0.3, 0.4) is 0 Å². The first kappa shape index (κ1) is 17.0. The molecule has 4 rings (SSSR count). The van der Waals surface area contributed by atoms with Gasteiger partial charge < -0.3 is 4.74 Å². The minimum absolute atomic E-state index is 0.277. The molecular formula is C22H21NO2S. The standard InChI is InChI=1S/C22H21NO2S/c1-25-22(24)21-18(13-20(26-21)16-9-3-2-4-10-16)17-11-12-23-14-19(17)15-7-5-6-8-15/h2-4,9-15H,5-8H2,1H3. The van der Waals surface area contributed by atoms with Crippen molar-refractivity contribution in [2.75, 3.05) is 7.11 Å². The lowest BCUT2D eigenvalue weighted by atomic mass is 9.91. The summed E-state index contributed by atoms with van der Waals surface area (Å²) in [6.45, 7) is 0. The molecule has 4 heteroatoms. The summed E-state index contributed by atoms with van der Waals surface area (Å²) in [4.78, 5) is 18.6. The lowest BCUT2D eigenvalue weighted by Gasteiger charge is -2.14. The Morgan fingerprint density at radius 1 is 1.12 bits per heavy atom. The van der Waals surface area contributed by atoms with E-state index in [-0.39, 0.29) is 5.97 Å². The lowest BCUT2D eigenvalue weighted by Crippen LogP contribution is -2.02. The van der Waals surface area contributed by atoms with E-state index in [0.29, 0.717) is 10.8 Å². The number of hydrogen-bond acceptors (Lipinski definition) is 4. The average Bonchev–Trinajstić information content (AvgIpc) is 3.38. The summed E-state index contributed by atoms with van der Waals surface area (Å²) in [5.41, 5.74) is 4.45. The second-order valence-corrected chi connectivity index (χ2v) is 7.71. The Hall–Kier alpha value is -2.46. The fourth-order valence-electron chi connectivity index (χ4n) is 3.79. The number of rotatable bonds is 4. The number of carbonyl (C=O) groups is 1. The Morgan fingerprint density at radius 3 is 2.62 bits per heavy atom. The number of pyridine rings is 1. The van der Waals surface area contributed by atoms with Gasteiger partial charge in [0.05, 0.1) is 7.11 Å². The van der Waals surface area contributed by atoms with Crippen LogP contribution in [0.1, 0.15) is 46.8 Å². The Kier molecular flexibility index (Phi) is 4.85. The van der Waals surface area contributed by atoms with E-state index in [9.17, 15) is 4.79 Å². The molecule has 0 spiro atoms. The molecule has 0 atom stereocenters. The molecule has 26 heavy (non-hydrogen) atoms. The predicted molar refractivity (Wildman–Crippen MR) is 106 cm³/mol. The largest absolute Gasteiger partial charge is 0.465 e. The van der Waals surface area contributed by atoms with Gasteiger partial charge in [-0.05, 0) is 47.6 Å². The number of carbonyl (C=O) groups excluding carboxylic acids is 1. The number of nitrogens with zero attached hydrogens (tertiary/aromatic N) is 1. The molecule has 0 radical (unpaired) electrons. The van der Waals surface area contributed by atoms with Crippen molar-refractivity contribution in [1.82, 2.24) is 4.98 Å². The van der Waals surface area contributed by atoms with Crippen LogP contribution in [0, 0.1) is 0 Å². The van der Waals surface area contributed by atoms with E-state index in [0.717, 1.165) is 21.6 Å². The molecule has 3 nitrogen and oxygen atoms in total. The van der Waals surface area contributed by atoms with Crippen LogP contribution in [-0.4, -0.2) is 18.1 Å². The summed E-state index contributed by atoms with van der Waals surface area (Å²) in [5.74, 6) is 0.255.